The van der Waals surface area contributed by atoms with Crippen LogP contribution < -0.4 is 10.6 Å². The van der Waals surface area contributed by atoms with Gasteiger partial charge in [0.25, 0.3) is 0 Å². The summed E-state index contributed by atoms with van der Waals surface area (Å²) in [6, 6.07) is 21.5. The molecule has 3 aromatic rings. The van der Waals surface area contributed by atoms with Gasteiger partial charge in [0, 0.05) is 12.1 Å². The third-order valence-electron chi connectivity index (χ3n) is 5.20. The molecule has 29 heavy (non-hydrogen) atoms. The van der Waals surface area contributed by atoms with Crippen molar-refractivity contribution in [1.29, 1.82) is 0 Å². The topological polar surface area (TPSA) is 58.2 Å². The van der Waals surface area contributed by atoms with E-state index in [1.54, 1.807) is 6.07 Å². The number of fused-ring (bicyclic) bond motifs is 1. The third kappa shape index (κ3) is 4.04. The van der Waals surface area contributed by atoms with Crippen LogP contribution >= 0.6 is 0 Å². The van der Waals surface area contributed by atoms with Crippen molar-refractivity contribution in [3.63, 3.8) is 0 Å². The molecule has 1 heterocycles. The number of carbonyl (C=O) groups is 2. The Labute approximate surface area is 168 Å². The summed E-state index contributed by atoms with van der Waals surface area (Å²) in [5.41, 5.74) is 4.01. The molecule has 146 valence electrons. The average molecular weight is 388 g/mol. The van der Waals surface area contributed by atoms with Gasteiger partial charge in [-0.05, 0) is 35.7 Å². The maximum absolute atomic E-state index is 13.6. The molecule has 5 heteroatoms. The Morgan fingerprint density at radius 2 is 1.72 bits per heavy atom. The summed E-state index contributed by atoms with van der Waals surface area (Å²) >= 11 is 0. The highest BCUT2D eigenvalue weighted by molar-refractivity contribution is 6.01. The van der Waals surface area contributed by atoms with Crippen LogP contribution in [0, 0.1) is 12.7 Å². The number of hydrogen-bond acceptors (Lipinski definition) is 2. The Bertz CT molecular complexity index is 1050. The maximum Gasteiger partial charge on any atom is 0.228 e. The lowest BCUT2D eigenvalue weighted by molar-refractivity contribution is -0.126. The number of hydrogen-bond donors (Lipinski definition) is 2. The molecule has 0 bridgehead atoms. The summed E-state index contributed by atoms with van der Waals surface area (Å²) in [7, 11) is 0. The van der Waals surface area contributed by atoms with Crippen LogP contribution in [-0.4, -0.2) is 11.8 Å². The first-order valence-corrected chi connectivity index (χ1v) is 9.52. The Morgan fingerprint density at radius 1 is 1.03 bits per heavy atom. The molecule has 4 rings (SSSR count). The van der Waals surface area contributed by atoms with Crippen LogP contribution in [0.25, 0.3) is 0 Å². The first-order valence-electron chi connectivity index (χ1n) is 9.52. The number of anilines is 1. The lowest BCUT2D eigenvalue weighted by atomic mass is 9.88. The zero-order chi connectivity index (χ0) is 20.4. The lowest BCUT2D eigenvalue weighted by Gasteiger charge is -2.27. The standard InChI is InChI=1S/C24H21FN2O2/c1-15-7-9-17(10-8-15)23(16-5-3-2-4-6-16)27-24(29)20-14-22(28)26-21-13-18(25)11-12-19(20)21/h2-13,20,23H,14H2,1H3,(H,26,28)(H,27,29)/t20-,23-/m1/s1. The van der Waals surface area contributed by atoms with Gasteiger partial charge in [-0.25, -0.2) is 4.39 Å². The second-order valence-electron chi connectivity index (χ2n) is 7.30. The highest BCUT2D eigenvalue weighted by Crippen LogP contribution is 2.34. The molecule has 1 aliphatic rings. The lowest BCUT2D eigenvalue weighted by Crippen LogP contribution is -2.37. The van der Waals surface area contributed by atoms with E-state index in [4.69, 9.17) is 0 Å². The van der Waals surface area contributed by atoms with Crippen LogP contribution in [0.5, 0.6) is 0 Å². The number of aryl methyl sites for hydroxylation is 1. The highest BCUT2D eigenvalue weighted by atomic mass is 19.1. The quantitative estimate of drug-likeness (QED) is 0.693. The molecule has 0 spiro atoms. The van der Waals surface area contributed by atoms with Gasteiger partial charge in [-0.15, -0.1) is 0 Å². The smallest absolute Gasteiger partial charge is 0.228 e. The Kier molecular flexibility index (Phi) is 5.12. The van der Waals surface area contributed by atoms with E-state index in [2.05, 4.69) is 10.6 Å². The molecule has 4 nitrogen and oxygen atoms in total. The molecule has 2 atom stereocenters. The molecule has 1 aliphatic heterocycles. The average Bonchev–Trinajstić information content (AvgIpc) is 2.72. The van der Waals surface area contributed by atoms with Gasteiger partial charge in [0.1, 0.15) is 5.82 Å². The van der Waals surface area contributed by atoms with Crippen LogP contribution in [0.15, 0.2) is 72.8 Å². The van der Waals surface area contributed by atoms with Crippen molar-refractivity contribution in [2.24, 2.45) is 0 Å². The van der Waals surface area contributed by atoms with Crippen molar-refractivity contribution in [1.82, 2.24) is 5.32 Å². The van der Waals surface area contributed by atoms with E-state index < -0.39 is 11.7 Å². The Balaban J connectivity index is 1.67. The Hall–Kier alpha value is -3.47. The minimum Gasteiger partial charge on any atom is -0.345 e. The Morgan fingerprint density at radius 3 is 2.45 bits per heavy atom. The van der Waals surface area contributed by atoms with Crippen LogP contribution in [0.3, 0.4) is 0 Å². The fourth-order valence-electron chi connectivity index (χ4n) is 3.68. The fraction of sp³-hybridized carbons (Fsp3) is 0.167. The van der Waals surface area contributed by atoms with E-state index in [1.807, 2.05) is 61.5 Å². The van der Waals surface area contributed by atoms with Gasteiger partial charge >= 0.3 is 0 Å². The molecular formula is C24H21FN2O2. The van der Waals surface area contributed by atoms with Crippen molar-refractivity contribution in [2.45, 2.75) is 25.3 Å². The SMILES string of the molecule is Cc1ccc([C@H](NC(=O)[C@@H]2CC(=O)Nc3cc(F)ccc32)c2ccccc2)cc1. The third-order valence-corrected chi connectivity index (χ3v) is 5.20. The summed E-state index contributed by atoms with van der Waals surface area (Å²) in [6.45, 7) is 2.01. The second kappa shape index (κ2) is 7.87. The van der Waals surface area contributed by atoms with E-state index in [1.165, 1.54) is 12.1 Å². The summed E-state index contributed by atoms with van der Waals surface area (Å²) in [4.78, 5) is 25.3. The van der Waals surface area contributed by atoms with Crippen molar-refractivity contribution >= 4 is 17.5 Å². The number of benzene rings is 3. The zero-order valence-corrected chi connectivity index (χ0v) is 16.0. The van der Waals surface area contributed by atoms with Gasteiger partial charge in [0.2, 0.25) is 11.8 Å². The number of amides is 2. The van der Waals surface area contributed by atoms with E-state index >= 15 is 0 Å². The largest absolute Gasteiger partial charge is 0.345 e. The first kappa shape index (κ1) is 18.9. The predicted octanol–water partition coefficient (Wildman–Crippen LogP) is 4.47. The van der Waals surface area contributed by atoms with E-state index in [0.717, 1.165) is 16.7 Å². The van der Waals surface area contributed by atoms with Crippen molar-refractivity contribution in [3.05, 3.63) is 101 Å². The molecule has 2 amide bonds. The molecule has 0 saturated carbocycles. The minimum absolute atomic E-state index is 0.0277. The van der Waals surface area contributed by atoms with E-state index in [-0.39, 0.29) is 24.3 Å². The summed E-state index contributed by atoms with van der Waals surface area (Å²) in [6.07, 6.45) is 0.0277. The molecule has 0 radical (unpaired) electrons. The van der Waals surface area contributed by atoms with Crippen molar-refractivity contribution in [2.75, 3.05) is 5.32 Å². The van der Waals surface area contributed by atoms with Gasteiger partial charge in [0.15, 0.2) is 0 Å². The number of carbonyl (C=O) groups excluding carboxylic acids is 2. The summed E-state index contributed by atoms with van der Waals surface area (Å²) in [5.74, 6) is -1.68. The molecule has 0 fully saturated rings. The number of halogens is 1. The van der Waals surface area contributed by atoms with Gasteiger partial charge in [0.05, 0.1) is 12.0 Å². The zero-order valence-electron chi connectivity index (χ0n) is 16.0. The highest BCUT2D eigenvalue weighted by Gasteiger charge is 2.32. The molecule has 0 aliphatic carbocycles. The fourth-order valence-corrected chi connectivity index (χ4v) is 3.68. The molecule has 2 N–H and O–H groups in total. The molecule has 0 aromatic heterocycles. The number of nitrogens with one attached hydrogen (secondary N) is 2. The molecular weight excluding hydrogens is 367 g/mol. The second-order valence-corrected chi connectivity index (χ2v) is 7.30. The predicted molar refractivity (Wildman–Crippen MR) is 110 cm³/mol. The van der Waals surface area contributed by atoms with Crippen LogP contribution in [-0.2, 0) is 9.59 Å². The van der Waals surface area contributed by atoms with E-state index in [9.17, 15) is 14.0 Å². The normalized spacial score (nSPS) is 16.5. The van der Waals surface area contributed by atoms with Gasteiger partial charge < -0.3 is 10.6 Å². The van der Waals surface area contributed by atoms with Gasteiger partial charge in [-0.3, -0.25) is 9.59 Å². The minimum atomic E-state index is -0.670. The van der Waals surface area contributed by atoms with Gasteiger partial charge in [-0.1, -0.05) is 66.2 Å². The van der Waals surface area contributed by atoms with E-state index in [0.29, 0.717) is 11.3 Å². The van der Waals surface area contributed by atoms with Crippen molar-refractivity contribution in [3.8, 4) is 0 Å². The van der Waals surface area contributed by atoms with Crippen LogP contribution in [0.4, 0.5) is 10.1 Å². The molecule has 0 unspecified atom stereocenters. The van der Waals surface area contributed by atoms with Crippen molar-refractivity contribution < 1.29 is 14.0 Å². The number of rotatable bonds is 4. The van der Waals surface area contributed by atoms with Crippen LogP contribution in [0.1, 0.15) is 40.6 Å². The maximum atomic E-state index is 13.6. The molecule has 0 saturated heterocycles. The van der Waals surface area contributed by atoms with Gasteiger partial charge in [-0.2, -0.15) is 0 Å². The van der Waals surface area contributed by atoms with Crippen LogP contribution in [0.2, 0.25) is 0 Å². The monoisotopic (exact) mass is 388 g/mol. The molecule has 3 aromatic carbocycles. The summed E-state index contributed by atoms with van der Waals surface area (Å²) in [5, 5.41) is 5.75. The summed E-state index contributed by atoms with van der Waals surface area (Å²) < 4.78 is 13.6. The first-order chi connectivity index (χ1) is 14.0.